The van der Waals surface area contributed by atoms with Crippen molar-refractivity contribution in [2.75, 3.05) is 16.4 Å². The number of thioether (sulfide) groups is 1. The van der Waals surface area contributed by atoms with E-state index >= 15 is 0 Å². The number of benzene rings is 3. The molecule has 38 heavy (non-hydrogen) atoms. The van der Waals surface area contributed by atoms with E-state index in [4.69, 9.17) is 0 Å². The van der Waals surface area contributed by atoms with Gasteiger partial charge >= 0.3 is 0 Å². The van der Waals surface area contributed by atoms with Crippen LogP contribution < -0.4 is 16.0 Å². The van der Waals surface area contributed by atoms with Crippen LogP contribution in [0.25, 0.3) is 6.08 Å². The van der Waals surface area contributed by atoms with Gasteiger partial charge in [-0.3, -0.25) is 19.7 Å². The minimum absolute atomic E-state index is 0.121. The van der Waals surface area contributed by atoms with E-state index in [0.717, 1.165) is 21.0 Å². The summed E-state index contributed by atoms with van der Waals surface area (Å²) in [5.74, 6) is -0.804. The molecule has 0 saturated heterocycles. The molecule has 4 aromatic rings. The van der Waals surface area contributed by atoms with Gasteiger partial charge in [0.1, 0.15) is 10.7 Å². The molecule has 4 rings (SSSR count). The smallest absolute Gasteiger partial charge is 0.272 e. The van der Waals surface area contributed by atoms with Crippen molar-refractivity contribution >= 4 is 57.7 Å². The van der Waals surface area contributed by atoms with Crippen molar-refractivity contribution in [1.29, 1.82) is 0 Å². The highest BCUT2D eigenvalue weighted by Gasteiger charge is 2.16. The zero-order valence-electron chi connectivity index (χ0n) is 20.7. The van der Waals surface area contributed by atoms with Crippen molar-refractivity contribution in [3.63, 3.8) is 0 Å². The van der Waals surface area contributed by atoms with Crippen molar-refractivity contribution in [3.05, 3.63) is 106 Å². The molecule has 10 heteroatoms. The number of nitrogens with one attached hydrogen (secondary N) is 3. The third-order valence-electron chi connectivity index (χ3n) is 5.27. The standard InChI is InChI=1S/C28H25N5O3S2/c1-18-8-6-7-11-21(18)16-24(30-26(35)20-9-4-3-5-10-20)27(36)29-22-12-14-23(15-13-22)37-17-25(34)31-28-33-32-19(2)38-28/h3-16H,17H2,1-2H3,(H,29,36)(H,30,35)(H,31,33,34)/b24-16-. The molecule has 8 nitrogen and oxygen atoms in total. The maximum Gasteiger partial charge on any atom is 0.272 e. The Morgan fingerprint density at radius 3 is 2.26 bits per heavy atom. The highest BCUT2D eigenvalue weighted by atomic mass is 32.2. The van der Waals surface area contributed by atoms with Gasteiger partial charge in [-0.1, -0.05) is 53.8 Å². The lowest BCUT2D eigenvalue weighted by Gasteiger charge is -2.12. The maximum atomic E-state index is 13.2. The number of nitrogens with zero attached hydrogens (tertiary/aromatic N) is 2. The van der Waals surface area contributed by atoms with Crippen LogP contribution in [0.3, 0.4) is 0 Å². The lowest BCUT2D eigenvalue weighted by molar-refractivity contribution is -0.114. The summed E-state index contributed by atoms with van der Waals surface area (Å²) in [4.78, 5) is 39.0. The van der Waals surface area contributed by atoms with E-state index in [0.29, 0.717) is 16.4 Å². The fraction of sp³-hybridized carbons (Fsp3) is 0.107. The number of carbonyl (C=O) groups excluding carboxylic acids is 3. The third kappa shape index (κ3) is 7.61. The first kappa shape index (κ1) is 26.8. The predicted octanol–water partition coefficient (Wildman–Crippen LogP) is 5.30. The van der Waals surface area contributed by atoms with Gasteiger partial charge in [-0.2, -0.15) is 0 Å². The van der Waals surface area contributed by atoms with Crippen LogP contribution in [0.1, 0.15) is 26.5 Å². The quantitative estimate of drug-likeness (QED) is 0.195. The van der Waals surface area contributed by atoms with Gasteiger partial charge in [0.25, 0.3) is 11.8 Å². The molecule has 1 aromatic heterocycles. The van der Waals surface area contributed by atoms with Crippen LogP contribution in [0.4, 0.5) is 10.8 Å². The second-order valence-electron chi connectivity index (χ2n) is 8.18. The molecule has 0 fully saturated rings. The van der Waals surface area contributed by atoms with Gasteiger partial charge in [-0.15, -0.1) is 22.0 Å². The molecule has 0 aliphatic carbocycles. The zero-order chi connectivity index (χ0) is 26.9. The molecular formula is C28H25N5O3S2. The van der Waals surface area contributed by atoms with E-state index in [9.17, 15) is 14.4 Å². The summed E-state index contributed by atoms with van der Waals surface area (Å²) in [5, 5.41) is 17.3. The van der Waals surface area contributed by atoms with Gasteiger partial charge in [-0.25, -0.2) is 0 Å². The van der Waals surface area contributed by atoms with Crippen LogP contribution >= 0.6 is 23.1 Å². The predicted molar refractivity (Wildman–Crippen MR) is 152 cm³/mol. The van der Waals surface area contributed by atoms with E-state index in [1.165, 1.54) is 23.1 Å². The van der Waals surface area contributed by atoms with Crippen LogP contribution in [0, 0.1) is 13.8 Å². The highest BCUT2D eigenvalue weighted by molar-refractivity contribution is 8.00. The first-order valence-corrected chi connectivity index (χ1v) is 13.5. The van der Waals surface area contributed by atoms with Gasteiger partial charge in [0.15, 0.2) is 0 Å². The Bertz CT molecular complexity index is 1470. The normalized spacial score (nSPS) is 11.1. The first-order chi connectivity index (χ1) is 18.4. The molecule has 0 aliphatic rings. The molecule has 0 saturated carbocycles. The highest BCUT2D eigenvalue weighted by Crippen LogP contribution is 2.22. The lowest BCUT2D eigenvalue weighted by Crippen LogP contribution is -2.30. The van der Waals surface area contributed by atoms with Crippen molar-refractivity contribution in [2.24, 2.45) is 0 Å². The van der Waals surface area contributed by atoms with Crippen molar-refractivity contribution in [1.82, 2.24) is 15.5 Å². The summed E-state index contributed by atoms with van der Waals surface area (Å²) in [6, 6.07) is 23.4. The Labute approximate surface area is 228 Å². The number of aryl methyl sites for hydroxylation is 2. The van der Waals surface area contributed by atoms with E-state index in [1.807, 2.05) is 56.3 Å². The Morgan fingerprint density at radius 2 is 1.58 bits per heavy atom. The largest absolute Gasteiger partial charge is 0.321 e. The third-order valence-corrected chi connectivity index (χ3v) is 7.04. The Balaban J connectivity index is 1.41. The van der Waals surface area contributed by atoms with Gasteiger partial charge in [0.2, 0.25) is 11.0 Å². The van der Waals surface area contributed by atoms with Gasteiger partial charge < -0.3 is 10.6 Å². The van der Waals surface area contributed by atoms with E-state index < -0.39 is 5.91 Å². The average molecular weight is 544 g/mol. The lowest BCUT2D eigenvalue weighted by atomic mass is 10.1. The molecule has 192 valence electrons. The molecule has 0 spiro atoms. The molecule has 3 amide bonds. The number of anilines is 2. The molecule has 0 unspecified atom stereocenters. The maximum absolute atomic E-state index is 13.2. The molecule has 0 bridgehead atoms. The van der Waals surface area contributed by atoms with E-state index in [2.05, 4.69) is 26.1 Å². The first-order valence-electron chi connectivity index (χ1n) is 11.7. The minimum Gasteiger partial charge on any atom is -0.321 e. The van der Waals surface area contributed by atoms with Crippen LogP contribution in [0.2, 0.25) is 0 Å². The summed E-state index contributed by atoms with van der Waals surface area (Å²) in [5.41, 5.74) is 2.91. The van der Waals surface area contributed by atoms with Gasteiger partial charge in [0.05, 0.1) is 5.75 Å². The van der Waals surface area contributed by atoms with Crippen molar-refractivity contribution < 1.29 is 14.4 Å². The topological polar surface area (TPSA) is 113 Å². The number of aromatic nitrogens is 2. The monoisotopic (exact) mass is 543 g/mol. The van der Waals surface area contributed by atoms with Crippen LogP contribution in [-0.2, 0) is 9.59 Å². The number of carbonyl (C=O) groups is 3. The van der Waals surface area contributed by atoms with Crippen LogP contribution in [-0.4, -0.2) is 33.7 Å². The molecule has 0 atom stereocenters. The van der Waals surface area contributed by atoms with Gasteiger partial charge in [-0.05, 0) is 67.4 Å². The summed E-state index contributed by atoms with van der Waals surface area (Å²) < 4.78 is 0. The minimum atomic E-state index is -0.454. The average Bonchev–Trinajstić information content (AvgIpc) is 3.33. The summed E-state index contributed by atoms with van der Waals surface area (Å²) in [7, 11) is 0. The van der Waals surface area contributed by atoms with E-state index in [-0.39, 0.29) is 23.3 Å². The molecule has 1 heterocycles. The zero-order valence-corrected chi connectivity index (χ0v) is 22.4. The van der Waals surface area contributed by atoms with Crippen LogP contribution in [0.5, 0.6) is 0 Å². The SMILES string of the molecule is Cc1nnc(NC(=O)CSc2ccc(NC(=O)/C(=C/c3ccccc3C)NC(=O)c3ccccc3)cc2)s1. The number of hydrogen-bond acceptors (Lipinski definition) is 7. The van der Waals surface area contributed by atoms with Crippen molar-refractivity contribution in [3.8, 4) is 0 Å². The Hall–Kier alpha value is -4.28. The molecule has 3 aromatic carbocycles. The Kier molecular flexibility index (Phi) is 9.02. The number of rotatable bonds is 9. The molecular weight excluding hydrogens is 518 g/mol. The van der Waals surface area contributed by atoms with Crippen molar-refractivity contribution in [2.45, 2.75) is 18.7 Å². The summed E-state index contributed by atoms with van der Waals surface area (Å²) in [6.07, 6.45) is 1.66. The summed E-state index contributed by atoms with van der Waals surface area (Å²) in [6.45, 7) is 3.76. The fourth-order valence-electron chi connectivity index (χ4n) is 3.33. The second-order valence-corrected chi connectivity index (χ2v) is 10.4. The molecule has 3 N–H and O–H groups in total. The number of hydrogen-bond donors (Lipinski definition) is 3. The second kappa shape index (κ2) is 12.8. The van der Waals surface area contributed by atoms with E-state index in [1.54, 1.807) is 42.5 Å². The molecule has 0 radical (unpaired) electrons. The fourth-order valence-corrected chi connectivity index (χ4v) is 4.64. The van der Waals surface area contributed by atoms with Gasteiger partial charge in [0, 0.05) is 16.1 Å². The van der Waals surface area contributed by atoms with Crippen LogP contribution in [0.15, 0.2) is 89.5 Å². The number of amides is 3. The molecule has 0 aliphatic heterocycles. The Morgan fingerprint density at radius 1 is 0.868 bits per heavy atom. The summed E-state index contributed by atoms with van der Waals surface area (Å²) >= 11 is 2.68.